The Morgan fingerprint density at radius 2 is 1.93 bits per heavy atom. The van der Waals surface area contributed by atoms with Crippen molar-refractivity contribution < 1.29 is 19.4 Å². The molecule has 5 rings (SSSR count). The summed E-state index contributed by atoms with van der Waals surface area (Å²) in [5.74, 6) is 1.17. The molecule has 0 saturated heterocycles. The highest BCUT2D eigenvalue weighted by atomic mass is 16.7. The first-order chi connectivity index (χ1) is 13.7. The molecule has 6 nitrogen and oxygen atoms in total. The fraction of sp³-hybridized carbons (Fsp3) is 0.136. The van der Waals surface area contributed by atoms with Gasteiger partial charge in [0, 0.05) is 29.2 Å². The molecule has 1 atom stereocenters. The number of fused-ring (bicyclic) bond motifs is 4. The van der Waals surface area contributed by atoms with Crippen LogP contribution in [0.3, 0.4) is 0 Å². The Hall–Kier alpha value is -3.67. The van der Waals surface area contributed by atoms with Crippen molar-refractivity contribution in [2.45, 2.75) is 12.5 Å². The third-order valence-corrected chi connectivity index (χ3v) is 5.35. The molecule has 6 heteroatoms. The molecule has 2 N–H and O–H groups in total. The molecule has 0 fully saturated rings. The second-order valence-electron chi connectivity index (χ2n) is 6.82. The van der Waals surface area contributed by atoms with Gasteiger partial charge >= 0.3 is 6.16 Å². The quantitative estimate of drug-likeness (QED) is 0.453. The molecule has 0 saturated carbocycles. The van der Waals surface area contributed by atoms with E-state index in [0.717, 1.165) is 39.2 Å². The summed E-state index contributed by atoms with van der Waals surface area (Å²) in [6.07, 6.45) is 1.18. The lowest BCUT2D eigenvalue weighted by atomic mass is 9.93. The highest BCUT2D eigenvalue weighted by Crippen LogP contribution is 2.42. The number of nitrogens with zero attached hydrogens (tertiary/aromatic N) is 1. The zero-order valence-corrected chi connectivity index (χ0v) is 15.2. The number of para-hydroxylation sites is 1. The fourth-order valence-electron chi connectivity index (χ4n) is 4.13. The van der Waals surface area contributed by atoms with Gasteiger partial charge in [0.2, 0.25) is 0 Å². The van der Waals surface area contributed by atoms with Gasteiger partial charge in [0.05, 0.1) is 18.8 Å². The van der Waals surface area contributed by atoms with Gasteiger partial charge in [0.15, 0.2) is 5.75 Å². The lowest BCUT2D eigenvalue weighted by Crippen LogP contribution is -2.21. The largest absolute Gasteiger partial charge is 0.511 e. The van der Waals surface area contributed by atoms with Crippen molar-refractivity contribution in [1.82, 2.24) is 9.55 Å². The monoisotopic (exact) mass is 374 g/mol. The van der Waals surface area contributed by atoms with Crippen LogP contribution < -0.4 is 9.47 Å². The Bertz CT molecular complexity index is 1190. The maximum Gasteiger partial charge on any atom is 0.511 e. The Morgan fingerprint density at radius 1 is 1.14 bits per heavy atom. The summed E-state index contributed by atoms with van der Waals surface area (Å²) in [6, 6.07) is 17.7. The van der Waals surface area contributed by atoms with E-state index in [1.807, 2.05) is 42.6 Å². The summed E-state index contributed by atoms with van der Waals surface area (Å²) in [5.41, 5.74) is 5.26. The number of benzene rings is 2. The summed E-state index contributed by atoms with van der Waals surface area (Å²) in [5, 5.41) is 10.2. The standard InChI is InChI=1S/C22H18N2O4/c1-27-14-8-6-13(7-9-14)21-20-16(15-4-2-3-5-17(15)23-20)12-18-19(28-22(25)26)10-11-24(18)21/h2-11,21,23H,12H2,1H3,(H,25,26). The van der Waals surface area contributed by atoms with Gasteiger partial charge in [-0.2, -0.15) is 0 Å². The number of carboxylic acid groups (broad SMARTS) is 1. The van der Waals surface area contributed by atoms with Crippen molar-refractivity contribution >= 4 is 17.1 Å². The number of hydrogen-bond donors (Lipinski definition) is 2. The molecule has 1 unspecified atom stereocenters. The van der Waals surface area contributed by atoms with Crippen LogP contribution in [0, 0.1) is 0 Å². The van der Waals surface area contributed by atoms with Gasteiger partial charge in [-0.3, -0.25) is 0 Å². The fourth-order valence-corrected chi connectivity index (χ4v) is 4.13. The van der Waals surface area contributed by atoms with Crippen LogP contribution in [0.1, 0.15) is 28.6 Å². The Kier molecular flexibility index (Phi) is 3.65. The second kappa shape index (κ2) is 6.20. The molecule has 2 aromatic heterocycles. The van der Waals surface area contributed by atoms with Gasteiger partial charge in [0.25, 0.3) is 0 Å². The summed E-state index contributed by atoms with van der Waals surface area (Å²) in [6.45, 7) is 0. The van der Waals surface area contributed by atoms with Crippen LogP contribution in [-0.4, -0.2) is 27.9 Å². The lowest BCUT2D eigenvalue weighted by Gasteiger charge is -2.28. The minimum Gasteiger partial charge on any atom is -0.497 e. The van der Waals surface area contributed by atoms with Crippen LogP contribution in [0.4, 0.5) is 4.79 Å². The summed E-state index contributed by atoms with van der Waals surface area (Å²) < 4.78 is 12.4. The van der Waals surface area contributed by atoms with Crippen molar-refractivity contribution in [3.63, 3.8) is 0 Å². The smallest absolute Gasteiger partial charge is 0.497 e. The zero-order chi connectivity index (χ0) is 19.3. The zero-order valence-electron chi connectivity index (χ0n) is 15.2. The van der Waals surface area contributed by atoms with Gasteiger partial charge in [0.1, 0.15) is 5.75 Å². The molecular weight excluding hydrogens is 356 g/mol. The number of carbonyl (C=O) groups is 1. The average molecular weight is 374 g/mol. The molecule has 0 amide bonds. The molecule has 0 spiro atoms. The first-order valence-electron chi connectivity index (χ1n) is 8.99. The van der Waals surface area contributed by atoms with Crippen molar-refractivity contribution in [3.05, 3.63) is 83.3 Å². The van der Waals surface area contributed by atoms with E-state index in [-0.39, 0.29) is 6.04 Å². The third-order valence-electron chi connectivity index (χ3n) is 5.35. The van der Waals surface area contributed by atoms with Crippen molar-refractivity contribution in [3.8, 4) is 11.5 Å². The maximum atomic E-state index is 11.1. The van der Waals surface area contributed by atoms with E-state index >= 15 is 0 Å². The average Bonchev–Trinajstić information content (AvgIpc) is 3.27. The molecule has 0 radical (unpaired) electrons. The van der Waals surface area contributed by atoms with Crippen LogP contribution in [0.2, 0.25) is 0 Å². The molecular formula is C22H18N2O4. The highest BCUT2D eigenvalue weighted by Gasteiger charge is 2.32. The molecule has 1 aliphatic rings. The van der Waals surface area contributed by atoms with E-state index in [4.69, 9.17) is 14.6 Å². The number of methoxy groups -OCH3 is 1. The van der Waals surface area contributed by atoms with Crippen molar-refractivity contribution in [2.75, 3.05) is 7.11 Å². The molecule has 0 bridgehead atoms. The summed E-state index contributed by atoms with van der Waals surface area (Å²) >= 11 is 0. The van der Waals surface area contributed by atoms with Crippen LogP contribution in [-0.2, 0) is 6.42 Å². The second-order valence-corrected chi connectivity index (χ2v) is 6.82. The van der Waals surface area contributed by atoms with E-state index in [1.54, 1.807) is 13.2 Å². The number of aromatic amines is 1. The molecule has 3 heterocycles. The van der Waals surface area contributed by atoms with Gasteiger partial charge in [-0.25, -0.2) is 4.79 Å². The van der Waals surface area contributed by atoms with Crippen molar-refractivity contribution in [1.29, 1.82) is 0 Å². The maximum absolute atomic E-state index is 11.1. The summed E-state index contributed by atoms with van der Waals surface area (Å²) in [4.78, 5) is 14.7. The van der Waals surface area contributed by atoms with E-state index in [0.29, 0.717) is 12.2 Å². The first kappa shape index (κ1) is 16.5. The lowest BCUT2D eigenvalue weighted by molar-refractivity contribution is 0.144. The van der Waals surface area contributed by atoms with Gasteiger partial charge in [-0.15, -0.1) is 0 Å². The predicted octanol–water partition coefficient (Wildman–Crippen LogP) is 4.58. The molecule has 2 aromatic carbocycles. The van der Waals surface area contributed by atoms with Crippen LogP contribution in [0.15, 0.2) is 60.8 Å². The SMILES string of the molecule is COc1ccc(C2c3[nH]c4ccccc4c3Cc3c(OC(=O)O)ccn32)cc1. The number of H-pyrrole nitrogens is 1. The van der Waals surface area contributed by atoms with Crippen LogP contribution >= 0.6 is 0 Å². The Balaban J connectivity index is 1.73. The van der Waals surface area contributed by atoms with Gasteiger partial charge in [-0.05, 0) is 35.4 Å². The highest BCUT2D eigenvalue weighted by molar-refractivity contribution is 5.86. The van der Waals surface area contributed by atoms with E-state index in [9.17, 15) is 4.79 Å². The minimum atomic E-state index is -1.31. The number of rotatable bonds is 3. The molecule has 0 aliphatic carbocycles. The minimum absolute atomic E-state index is 0.108. The Morgan fingerprint density at radius 3 is 2.68 bits per heavy atom. The van der Waals surface area contributed by atoms with E-state index in [2.05, 4.69) is 21.7 Å². The predicted molar refractivity (Wildman–Crippen MR) is 104 cm³/mol. The third kappa shape index (κ3) is 2.45. The van der Waals surface area contributed by atoms with Crippen LogP contribution in [0.5, 0.6) is 11.5 Å². The topological polar surface area (TPSA) is 76.5 Å². The van der Waals surface area contributed by atoms with E-state index < -0.39 is 6.16 Å². The number of nitrogens with one attached hydrogen (secondary N) is 1. The number of ether oxygens (including phenoxy) is 2. The first-order valence-corrected chi connectivity index (χ1v) is 8.99. The Labute approximate surface area is 160 Å². The number of hydrogen-bond acceptors (Lipinski definition) is 3. The molecule has 4 aromatic rings. The van der Waals surface area contributed by atoms with Crippen LogP contribution in [0.25, 0.3) is 10.9 Å². The molecule has 1 aliphatic heterocycles. The van der Waals surface area contributed by atoms with Crippen molar-refractivity contribution in [2.24, 2.45) is 0 Å². The molecule has 28 heavy (non-hydrogen) atoms. The normalized spacial score (nSPS) is 15.1. The summed E-state index contributed by atoms with van der Waals surface area (Å²) in [7, 11) is 1.64. The van der Waals surface area contributed by atoms with E-state index in [1.165, 1.54) is 0 Å². The van der Waals surface area contributed by atoms with Gasteiger partial charge < -0.3 is 24.1 Å². The van der Waals surface area contributed by atoms with Gasteiger partial charge in [-0.1, -0.05) is 30.3 Å². The number of aromatic nitrogens is 2. The molecule has 140 valence electrons.